The lowest BCUT2D eigenvalue weighted by molar-refractivity contribution is -0.136. The van der Waals surface area contributed by atoms with Crippen molar-refractivity contribution in [2.45, 2.75) is 50.6 Å². The number of ether oxygens (including phenoxy) is 1. The van der Waals surface area contributed by atoms with Gasteiger partial charge in [0.2, 0.25) is 21.1 Å². The maximum absolute atomic E-state index is 13.5. The summed E-state index contributed by atoms with van der Waals surface area (Å²) in [5, 5.41) is 6.55. The summed E-state index contributed by atoms with van der Waals surface area (Å²) >= 11 is 0.543. The van der Waals surface area contributed by atoms with Gasteiger partial charge in [-0.2, -0.15) is 0 Å². The van der Waals surface area contributed by atoms with Crippen LogP contribution in [0.4, 0.5) is 14.5 Å². The van der Waals surface area contributed by atoms with Crippen LogP contribution < -0.4 is 15.3 Å². The van der Waals surface area contributed by atoms with Gasteiger partial charge in [0.05, 0.1) is 40.4 Å². The number of hydrogen-bond donors (Lipinski definition) is 2. The van der Waals surface area contributed by atoms with Gasteiger partial charge < -0.3 is 19.5 Å². The molecule has 4 heterocycles. The number of nitrogens with zero attached hydrogens (tertiary/aromatic N) is 5. The van der Waals surface area contributed by atoms with Gasteiger partial charge in [0.15, 0.2) is 5.01 Å². The van der Waals surface area contributed by atoms with Gasteiger partial charge in [0.25, 0.3) is 6.43 Å². The predicted molar refractivity (Wildman–Crippen MR) is 140 cm³/mol. The first kappa shape index (κ1) is 27.6. The number of hydrogen-bond acceptors (Lipinski definition) is 9. The van der Waals surface area contributed by atoms with Crippen molar-refractivity contribution in [1.29, 1.82) is 0 Å². The number of anilines is 1. The number of aromatic amines is 1. The maximum Gasteiger partial charge on any atom is 0.333 e. The third kappa shape index (κ3) is 5.05. The molecule has 2 N–H and O–H groups in total. The number of fused-ring (bicyclic) bond motifs is 1. The number of alkyl halides is 2. The zero-order valence-corrected chi connectivity index (χ0v) is 23.4. The van der Waals surface area contributed by atoms with E-state index in [-0.39, 0.29) is 46.6 Å². The summed E-state index contributed by atoms with van der Waals surface area (Å²) in [6.45, 7) is 8.90. The summed E-state index contributed by atoms with van der Waals surface area (Å²) < 4.78 is 62.3. The van der Waals surface area contributed by atoms with E-state index in [0.29, 0.717) is 42.2 Å². The minimum atomic E-state index is -4.08. The molecule has 0 aliphatic carbocycles. The van der Waals surface area contributed by atoms with Gasteiger partial charge in [-0.25, -0.2) is 31.3 Å². The molecule has 2 saturated heterocycles. The predicted octanol–water partition coefficient (Wildman–Crippen LogP) is 1.87. The van der Waals surface area contributed by atoms with E-state index in [9.17, 15) is 26.8 Å². The molecule has 0 radical (unpaired) electrons. The second-order valence-electron chi connectivity index (χ2n) is 10.5. The molecular formula is C23H29F2N7O5S2. The Morgan fingerprint density at radius 3 is 2.54 bits per heavy atom. The van der Waals surface area contributed by atoms with Crippen LogP contribution in [-0.2, 0) is 19.6 Å². The van der Waals surface area contributed by atoms with Crippen LogP contribution in [0.15, 0.2) is 21.8 Å². The van der Waals surface area contributed by atoms with Crippen molar-refractivity contribution in [1.82, 2.24) is 29.4 Å². The lowest BCUT2D eigenvalue weighted by Gasteiger charge is -2.42. The Bertz CT molecular complexity index is 1580. The van der Waals surface area contributed by atoms with Crippen molar-refractivity contribution in [2.24, 2.45) is 5.92 Å². The number of imidazole rings is 1. The van der Waals surface area contributed by atoms with Gasteiger partial charge in [0, 0.05) is 31.6 Å². The van der Waals surface area contributed by atoms with Crippen LogP contribution in [0.25, 0.3) is 16.2 Å². The molecule has 1 atom stereocenters. The van der Waals surface area contributed by atoms with E-state index in [1.165, 1.54) is 12.1 Å². The number of carbonyl (C=O) groups is 1. The molecule has 0 saturated carbocycles. The highest BCUT2D eigenvalue weighted by Gasteiger charge is 2.39. The SMILES string of the molecule is CC(C)C(=O)N1CCN(c2cc(S(=O)(=O)NC3(C)COC3)cc3c2[nH]c(=O)n3-c2nnc(C(F)F)s2)C[C@H]1C. The zero-order valence-electron chi connectivity index (χ0n) is 21.8. The van der Waals surface area contributed by atoms with Crippen LogP contribution in [0.2, 0.25) is 0 Å². The molecule has 1 amide bonds. The number of benzene rings is 1. The highest BCUT2D eigenvalue weighted by molar-refractivity contribution is 7.89. The molecule has 1 aromatic carbocycles. The Kier molecular flexibility index (Phi) is 7.01. The van der Waals surface area contributed by atoms with E-state index in [2.05, 4.69) is 19.9 Å². The molecule has 0 unspecified atom stereocenters. The van der Waals surface area contributed by atoms with Gasteiger partial charge >= 0.3 is 5.69 Å². The van der Waals surface area contributed by atoms with Crippen LogP contribution >= 0.6 is 11.3 Å². The molecule has 3 aromatic rings. The average molecular weight is 586 g/mol. The van der Waals surface area contributed by atoms with Gasteiger partial charge in [0.1, 0.15) is 0 Å². The monoisotopic (exact) mass is 585 g/mol. The summed E-state index contributed by atoms with van der Waals surface area (Å²) in [5.74, 6) is -0.146. The van der Waals surface area contributed by atoms with Crippen LogP contribution in [-0.4, -0.2) is 83.4 Å². The van der Waals surface area contributed by atoms with Crippen LogP contribution in [0, 0.1) is 5.92 Å². The Morgan fingerprint density at radius 2 is 1.97 bits per heavy atom. The number of rotatable bonds is 7. The number of H-pyrrole nitrogens is 1. The molecular weight excluding hydrogens is 556 g/mol. The summed E-state index contributed by atoms with van der Waals surface area (Å²) in [7, 11) is -4.08. The summed E-state index contributed by atoms with van der Waals surface area (Å²) in [6, 6.07) is 2.61. The number of piperazine rings is 1. The van der Waals surface area contributed by atoms with E-state index in [0.717, 1.165) is 4.57 Å². The summed E-state index contributed by atoms with van der Waals surface area (Å²) in [5.41, 5.74) is -0.554. The van der Waals surface area contributed by atoms with Crippen molar-refractivity contribution < 1.29 is 26.7 Å². The largest absolute Gasteiger partial charge is 0.377 e. The Labute approximate surface area is 227 Å². The Morgan fingerprint density at radius 1 is 1.26 bits per heavy atom. The fourth-order valence-corrected chi connectivity index (χ4v) is 6.98. The van der Waals surface area contributed by atoms with Crippen LogP contribution in [0.3, 0.4) is 0 Å². The maximum atomic E-state index is 13.5. The molecule has 0 spiro atoms. The van der Waals surface area contributed by atoms with Crippen molar-refractivity contribution in [3.05, 3.63) is 27.6 Å². The Hall–Kier alpha value is -2.95. The molecule has 16 heteroatoms. The summed E-state index contributed by atoms with van der Waals surface area (Å²) in [4.78, 5) is 32.1. The first-order valence-electron chi connectivity index (χ1n) is 12.4. The summed E-state index contributed by atoms with van der Waals surface area (Å²) in [6.07, 6.45) is -2.87. The fraction of sp³-hybridized carbons (Fsp3) is 0.565. The standard InChI is InChI=1S/C23H29F2N7O5S2/c1-12(2)20(33)31-6-5-30(9-13(31)3)15-7-14(39(35,36)29-23(4)10-37-11-23)8-16-17(15)26-21(34)32(16)22-28-27-19(38-22)18(24)25/h7-8,12-13,18,29H,5-6,9-11H2,1-4H3,(H,26,34)/t13-/m1/s1. The minimum absolute atomic E-state index is 0.0226. The van der Waals surface area contributed by atoms with Crippen molar-refractivity contribution >= 4 is 44.0 Å². The van der Waals surface area contributed by atoms with Crippen molar-refractivity contribution in [3.8, 4) is 5.13 Å². The third-order valence-corrected chi connectivity index (χ3v) is 9.37. The molecule has 12 nitrogen and oxygen atoms in total. The molecule has 2 fully saturated rings. The second-order valence-corrected chi connectivity index (χ2v) is 13.1. The number of halogens is 2. The zero-order chi connectivity index (χ0) is 28.3. The fourth-order valence-electron chi connectivity index (χ4n) is 4.85. The van der Waals surface area contributed by atoms with Crippen LogP contribution in [0.5, 0.6) is 0 Å². The van der Waals surface area contributed by atoms with Crippen LogP contribution in [0.1, 0.15) is 39.1 Å². The molecule has 2 aliphatic rings. The normalized spacial score (nSPS) is 19.7. The lowest BCUT2D eigenvalue weighted by Crippen LogP contribution is -2.59. The first-order valence-corrected chi connectivity index (χ1v) is 14.7. The lowest BCUT2D eigenvalue weighted by atomic mass is 10.0. The first-order chi connectivity index (χ1) is 18.3. The van der Waals surface area contributed by atoms with E-state index < -0.39 is 32.7 Å². The Balaban J connectivity index is 1.63. The van der Waals surface area contributed by atoms with Gasteiger partial charge in [-0.1, -0.05) is 25.2 Å². The van der Waals surface area contributed by atoms with Gasteiger partial charge in [-0.15, -0.1) is 10.2 Å². The molecule has 0 bridgehead atoms. The van der Waals surface area contributed by atoms with Crippen molar-refractivity contribution in [2.75, 3.05) is 37.7 Å². The van der Waals surface area contributed by atoms with E-state index in [1.54, 1.807) is 11.8 Å². The van der Waals surface area contributed by atoms with E-state index >= 15 is 0 Å². The molecule has 39 heavy (non-hydrogen) atoms. The number of sulfonamides is 1. The quantitative estimate of drug-likeness (QED) is 0.428. The number of aromatic nitrogens is 4. The van der Waals surface area contributed by atoms with E-state index in [4.69, 9.17) is 4.74 Å². The number of carbonyl (C=O) groups excluding carboxylic acids is 1. The van der Waals surface area contributed by atoms with E-state index in [1.807, 2.05) is 25.7 Å². The average Bonchev–Trinajstić information content (AvgIpc) is 3.45. The number of nitrogens with one attached hydrogen (secondary N) is 2. The number of amides is 1. The molecule has 2 aromatic heterocycles. The van der Waals surface area contributed by atoms with Gasteiger partial charge in [-0.3, -0.25) is 4.79 Å². The minimum Gasteiger partial charge on any atom is -0.377 e. The third-order valence-electron chi connectivity index (χ3n) is 6.83. The smallest absolute Gasteiger partial charge is 0.333 e. The highest BCUT2D eigenvalue weighted by atomic mass is 32.2. The molecule has 5 rings (SSSR count). The highest BCUT2D eigenvalue weighted by Crippen LogP contribution is 2.34. The molecule has 212 valence electrons. The molecule has 2 aliphatic heterocycles. The van der Waals surface area contributed by atoms with Crippen molar-refractivity contribution in [3.63, 3.8) is 0 Å². The second kappa shape index (κ2) is 9.91. The van der Waals surface area contributed by atoms with Gasteiger partial charge in [-0.05, 0) is 26.0 Å². The topological polar surface area (TPSA) is 143 Å².